The Labute approximate surface area is 293 Å². The van der Waals surface area contributed by atoms with Crippen LogP contribution in [0.5, 0.6) is 0 Å². The fourth-order valence-electron chi connectivity index (χ4n) is 4.10. The highest BCUT2D eigenvalue weighted by atomic mass is 16.6. The van der Waals surface area contributed by atoms with Gasteiger partial charge in [0, 0.05) is 12.8 Å². The summed E-state index contributed by atoms with van der Waals surface area (Å²) >= 11 is 0. The normalized spacial score (nSPS) is 13.6. The molecule has 0 bridgehead atoms. The van der Waals surface area contributed by atoms with Crippen molar-refractivity contribution in [3.8, 4) is 0 Å². The van der Waals surface area contributed by atoms with Gasteiger partial charge in [-0.15, -0.1) is 0 Å². The molecule has 0 aliphatic rings. The van der Waals surface area contributed by atoms with Crippen LogP contribution in [0.15, 0.2) is 122 Å². The SMILES string of the molecule is CCC=CCC=CCC=CCC=CCC=CCC=CCCC(=O)OCC(CO)OC(=O)CCCCC=CCC=CCC=CCC=CCC. The maximum absolute atomic E-state index is 12.1. The number of aliphatic hydroxyl groups excluding tert-OH is 1. The smallest absolute Gasteiger partial charge is 0.306 e. The first kappa shape index (κ1) is 44.3. The number of allylic oxidation sites excluding steroid dienone is 20. The van der Waals surface area contributed by atoms with Crippen LogP contribution < -0.4 is 0 Å². The van der Waals surface area contributed by atoms with Crippen molar-refractivity contribution >= 4 is 11.9 Å². The van der Waals surface area contributed by atoms with Gasteiger partial charge in [-0.25, -0.2) is 0 Å². The van der Waals surface area contributed by atoms with Gasteiger partial charge in [-0.3, -0.25) is 9.59 Å². The van der Waals surface area contributed by atoms with Gasteiger partial charge in [0.1, 0.15) is 6.61 Å². The molecule has 0 heterocycles. The first-order valence-corrected chi connectivity index (χ1v) is 18.1. The molecule has 0 saturated heterocycles. The molecule has 0 aliphatic carbocycles. The number of hydrogen-bond acceptors (Lipinski definition) is 5. The Morgan fingerprint density at radius 2 is 0.854 bits per heavy atom. The van der Waals surface area contributed by atoms with E-state index in [4.69, 9.17) is 9.47 Å². The lowest BCUT2D eigenvalue weighted by Crippen LogP contribution is -2.28. The van der Waals surface area contributed by atoms with Crippen LogP contribution in [0.4, 0.5) is 0 Å². The second kappa shape index (κ2) is 37.8. The minimum atomic E-state index is -0.832. The first-order chi connectivity index (χ1) is 23.6. The highest BCUT2D eigenvalue weighted by Gasteiger charge is 2.15. The first-order valence-electron chi connectivity index (χ1n) is 18.1. The molecule has 0 spiro atoms. The molecule has 1 N–H and O–H groups in total. The summed E-state index contributed by atoms with van der Waals surface area (Å²) in [6.07, 6.45) is 55.5. The van der Waals surface area contributed by atoms with E-state index in [1.807, 2.05) is 12.2 Å². The molecule has 0 rings (SSSR count). The molecule has 1 atom stereocenters. The van der Waals surface area contributed by atoms with E-state index in [0.29, 0.717) is 12.8 Å². The second-order valence-electron chi connectivity index (χ2n) is 11.2. The number of carbonyl (C=O) groups excluding carboxylic acids is 2. The van der Waals surface area contributed by atoms with Gasteiger partial charge in [0.25, 0.3) is 0 Å². The number of unbranched alkanes of at least 4 members (excludes halogenated alkanes) is 2. The summed E-state index contributed by atoms with van der Waals surface area (Å²) in [6.45, 7) is 3.77. The molecule has 0 radical (unpaired) electrons. The number of rotatable bonds is 30. The second-order valence-corrected chi connectivity index (χ2v) is 11.2. The van der Waals surface area contributed by atoms with Crippen LogP contribution in [-0.4, -0.2) is 36.4 Å². The Bertz CT molecular complexity index is 1060. The Balaban J connectivity index is 3.84. The van der Waals surface area contributed by atoms with Crippen LogP contribution in [0.25, 0.3) is 0 Å². The molecule has 0 aromatic carbocycles. The minimum Gasteiger partial charge on any atom is -0.462 e. The fraction of sp³-hybridized carbons (Fsp3) is 0.488. The Hall–Kier alpha value is -3.70. The number of ether oxygens (including phenoxy) is 2. The molecular formula is C43H64O5. The fourth-order valence-corrected chi connectivity index (χ4v) is 4.10. The van der Waals surface area contributed by atoms with Crippen LogP contribution >= 0.6 is 0 Å². The molecule has 5 nitrogen and oxygen atoms in total. The quantitative estimate of drug-likeness (QED) is 0.0471. The lowest BCUT2D eigenvalue weighted by atomic mass is 10.2. The molecule has 0 fully saturated rings. The van der Waals surface area contributed by atoms with Crippen molar-refractivity contribution < 1.29 is 24.2 Å². The van der Waals surface area contributed by atoms with Gasteiger partial charge in [0.2, 0.25) is 0 Å². The largest absolute Gasteiger partial charge is 0.462 e. The maximum atomic E-state index is 12.1. The van der Waals surface area contributed by atoms with Gasteiger partial charge in [0.05, 0.1) is 6.61 Å². The molecule has 0 aromatic rings. The third kappa shape index (κ3) is 35.2. The molecule has 48 heavy (non-hydrogen) atoms. The van der Waals surface area contributed by atoms with Gasteiger partial charge in [-0.1, -0.05) is 135 Å². The van der Waals surface area contributed by atoms with E-state index >= 15 is 0 Å². The van der Waals surface area contributed by atoms with Gasteiger partial charge < -0.3 is 14.6 Å². The van der Waals surface area contributed by atoms with Crippen molar-refractivity contribution in [2.45, 2.75) is 123 Å². The van der Waals surface area contributed by atoms with Crippen molar-refractivity contribution in [2.24, 2.45) is 0 Å². The van der Waals surface area contributed by atoms with Gasteiger partial charge in [-0.05, 0) is 89.9 Å². The predicted molar refractivity (Wildman–Crippen MR) is 205 cm³/mol. The van der Waals surface area contributed by atoms with Crippen LogP contribution in [0.2, 0.25) is 0 Å². The molecule has 5 heteroatoms. The average Bonchev–Trinajstić information content (AvgIpc) is 3.09. The van der Waals surface area contributed by atoms with E-state index < -0.39 is 6.10 Å². The van der Waals surface area contributed by atoms with E-state index in [1.54, 1.807) is 0 Å². The van der Waals surface area contributed by atoms with E-state index in [0.717, 1.165) is 77.0 Å². The molecule has 266 valence electrons. The van der Waals surface area contributed by atoms with E-state index in [9.17, 15) is 14.7 Å². The minimum absolute atomic E-state index is 0.132. The van der Waals surface area contributed by atoms with Crippen LogP contribution in [0.3, 0.4) is 0 Å². The summed E-state index contributed by atoms with van der Waals surface area (Å²) < 4.78 is 10.5. The molecule has 0 amide bonds. The zero-order chi connectivity index (χ0) is 35.0. The van der Waals surface area contributed by atoms with Crippen LogP contribution in [0, 0.1) is 0 Å². The van der Waals surface area contributed by atoms with Crippen LogP contribution in [0.1, 0.15) is 117 Å². The summed E-state index contributed by atoms with van der Waals surface area (Å²) in [6, 6.07) is 0. The van der Waals surface area contributed by atoms with Crippen molar-refractivity contribution in [1.82, 2.24) is 0 Å². The number of hydrogen-bond donors (Lipinski definition) is 1. The highest BCUT2D eigenvalue weighted by Crippen LogP contribution is 2.06. The molecular weight excluding hydrogens is 596 g/mol. The summed E-state index contributed by atoms with van der Waals surface area (Å²) in [4.78, 5) is 24.2. The zero-order valence-corrected chi connectivity index (χ0v) is 29.9. The molecule has 1 unspecified atom stereocenters. The standard InChI is InChI=1S/C43H64O5/c1-3-5-7-9-11-13-15-17-19-20-21-22-24-25-27-29-31-33-35-37-42(45)47-40-41(39-44)48-43(46)38-36-34-32-30-28-26-23-18-16-14-12-10-8-6-4-2/h5-8,11-14,17-19,21-23,25,27-28,30-31,33,41,44H,3-4,9-10,15-16,20,24,26,29,32,34-40H2,1-2H3. The highest BCUT2D eigenvalue weighted by molar-refractivity contribution is 5.70. The van der Waals surface area contributed by atoms with E-state index in [-0.39, 0.29) is 38.0 Å². The monoisotopic (exact) mass is 660 g/mol. The van der Waals surface area contributed by atoms with Crippen LogP contribution in [-0.2, 0) is 19.1 Å². The molecule has 0 aromatic heterocycles. The lowest BCUT2D eigenvalue weighted by molar-refractivity contribution is -0.161. The van der Waals surface area contributed by atoms with E-state index in [1.165, 1.54) is 0 Å². The summed E-state index contributed by atoms with van der Waals surface area (Å²) in [5, 5.41) is 9.52. The summed E-state index contributed by atoms with van der Waals surface area (Å²) in [5.74, 6) is -0.754. The third-order valence-corrected chi connectivity index (χ3v) is 6.76. The summed E-state index contributed by atoms with van der Waals surface area (Å²) in [5.41, 5.74) is 0. The van der Waals surface area contributed by atoms with Gasteiger partial charge >= 0.3 is 11.9 Å². The molecule has 0 saturated carbocycles. The van der Waals surface area contributed by atoms with Crippen molar-refractivity contribution in [2.75, 3.05) is 13.2 Å². The third-order valence-electron chi connectivity index (χ3n) is 6.76. The van der Waals surface area contributed by atoms with Gasteiger partial charge in [0.15, 0.2) is 6.10 Å². The predicted octanol–water partition coefficient (Wildman–Crippen LogP) is 11.3. The topological polar surface area (TPSA) is 72.8 Å². The van der Waals surface area contributed by atoms with Crippen molar-refractivity contribution in [1.29, 1.82) is 0 Å². The maximum Gasteiger partial charge on any atom is 0.306 e. The average molecular weight is 661 g/mol. The van der Waals surface area contributed by atoms with Gasteiger partial charge in [-0.2, -0.15) is 0 Å². The number of carbonyl (C=O) groups is 2. The van der Waals surface area contributed by atoms with Crippen molar-refractivity contribution in [3.63, 3.8) is 0 Å². The van der Waals surface area contributed by atoms with E-state index in [2.05, 4.69) is 123 Å². The Morgan fingerprint density at radius 3 is 1.25 bits per heavy atom. The lowest BCUT2D eigenvalue weighted by Gasteiger charge is -2.15. The Morgan fingerprint density at radius 1 is 0.479 bits per heavy atom. The summed E-state index contributed by atoms with van der Waals surface area (Å²) in [7, 11) is 0. The Kier molecular flexibility index (Phi) is 34.8. The zero-order valence-electron chi connectivity index (χ0n) is 29.9. The number of esters is 2. The number of aliphatic hydroxyl groups is 1. The molecule has 0 aliphatic heterocycles. The van der Waals surface area contributed by atoms with Crippen molar-refractivity contribution in [3.05, 3.63) is 122 Å².